The summed E-state index contributed by atoms with van der Waals surface area (Å²) in [6, 6.07) is 0. The van der Waals surface area contributed by atoms with Crippen LogP contribution in [-0.2, 0) is 14.3 Å². The number of methoxy groups -OCH3 is 1. The fourth-order valence-corrected chi connectivity index (χ4v) is 2.78. The summed E-state index contributed by atoms with van der Waals surface area (Å²) in [7, 11) is 1.37. The Morgan fingerprint density at radius 2 is 1.45 bits per heavy atom. The molecule has 1 saturated carbocycles. The van der Waals surface area contributed by atoms with Crippen molar-refractivity contribution in [2.45, 2.75) is 70.6 Å². The highest BCUT2D eigenvalue weighted by Gasteiger charge is 2.18. The number of carbonyl (C=O) groups excluding carboxylic acids is 2. The van der Waals surface area contributed by atoms with Gasteiger partial charge in [-0.05, 0) is 12.8 Å². The van der Waals surface area contributed by atoms with Gasteiger partial charge in [0, 0.05) is 12.5 Å². The van der Waals surface area contributed by atoms with Gasteiger partial charge < -0.3 is 10.1 Å². The molecule has 1 aliphatic rings. The first-order chi connectivity index (χ1) is 9.74. The summed E-state index contributed by atoms with van der Waals surface area (Å²) in [4.78, 5) is 23.2. The lowest BCUT2D eigenvalue weighted by atomic mass is 9.94. The zero-order valence-electron chi connectivity index (χ0n) is 12.8. The monoisotopic (exact) mass is 283 g/mol. The lowest BCUT2D eigenvalue weighted by Gasteiger charge is -2.16. The summed E-state index contributed by atoms with van der Waals surface area (Å²) in [5.41, 5.74) is 0. The Labute approximate surface area is 122 Å². The Morgan fingerprint density at radius 1 is 0.950 bits per heavy atom. The first-order valence-electron chi connectivity index (χ1n) is 8.08. The van der Waals surface area contributed by atoms with Crippen LogP contribution in [0, 0.1) is 5.92 Å². The zero-order valence-corrected chi connectivity index (χ0v) is 12.8. The molecule has 0 aromatic carbocycles. The maximum absolute atomic E-state index is 12.2. The van der Waals surface area contributed by atoms with Gasteiger partial charge in [-0.1, -0.05) is 51.4 Å². The molecule has 0 unspecified atom stereocenters. The van der Waals surface area contributed by atoms with Crippen molar-refractivity contribution in [3.63, 3.8) is 0 Å². The van der Waals surface area contributed by atoms with Crippen molar-refractivity contribution in [2.24, 2.45) is 5.92 Å². The molecule has 4 heteroatoms. The van der Waals surface area contributed by atoms with Crippen molar-refractivity contribution in [2.75, 3.05) is 13.7 Å². The van der Waals surface area contributed by atoms with E-state index in [-0.39, 0.29) is 24.2 Å². The number of rotatable bonds is 4. The number of nitrogens with one attached hydrogen (secondary N) is 1. The first-order valence-corrected chi connectivity index (χ1v) is 8.08. The normalized spacial score (nSPS) is 18.9. The van der Waals surface area contributed by atoms with Gasteiger partial charge in [0.05, 0.1) is 13.5 Å². The van der Waals surface area contributed by atoms with Crippen molar-refractivity contribution in [1.29, 1.82) is 0 Å². The number of ether oxygens (including phenoxy) is 1. The molecule has 0 aliphatic heterocycles. The van der Waals surface area contributed by atoms with Crippen molar-refractivity contribution in [3.8, 4) is 0 Å². The van der Waals surface area contributed by atoms with E-state index in [1.807, 2.05) is 0 Å². The lowest BCUT2D eigenvalue weighted by Crippen LogP contribution is -2.32. The topological polar surface area (TPSA) is 55.4 Å². The standard InChI is InChI=1S/C16H29NO3/c1-20-15(18)12-13-17-16(19)14-10-8-6-4-2-3-5-7-9-11-14/h14H,2-13H2,1H3,(H,17,19). The maximum Gasteiger partial charge on any atom is 0.307 e. The minimum Gasteiger partial charge on any atom is -0.469 e. The average Bonchev–Trinajstić information content (AvgIpc) is 2.52. The van der Waals surface area contributed by atoms with Gasteiger partial charge in [0.1, 0.15) is 0 Å². The molecule has 0 atom stereocenters. The number of hydrogen-bond acceptors (Lipinski definition) is 3. The number of carbonyl (C=O) groups is 2. The lowest BCUT2D eigenvalue weighted by molar-refractivity contribution is -0.140. The highest BCUT2D eigenvalue weighted by molar-refractivity contribution is 5.79. The average molecular weight is 283 g/mol. The van der Waals surface area contributed by atoms with Gasteiger partial charge in [-0.2, -0.15) is 0 Å². The Balaban J connectivity index is 2.31. The largest absolute Gasteiger partial charge is 0.469 e. The van der Waals surface area contributed by atoms with Crippen LogP contribution in [0.2, 0.25) is 0 Å². The fraction of sp³-hybridized carbons (Fsp3) is 0.875. The second-order valence-corrected chi connectivity index (χ2v) is 5.72. The molecule has 1 fully saturated rings. The third-order valence-electron chi connectivity index (χ3n) is 4.08. The van der Waals surface area contributed by atoms with Gasteiger partial charge in [0.15, 0.2) is 0 Å². The Kier molecular flexibility index (Phi) is 9.09. The van der Waals surface area contributed by atoms with E-state index < -0.39 is 0 Å². The summed E-state index contributed by atoms with van der Waals surface area (Å²) in [5.74, 6) is -0.0216. The van der Waals surface area contributed by atoms with E-state index in [1.54, 1.807) is 0 Å². The van der Waals surface area contributed by atoms with Crippen LogP contribution in [0.4, 0.5) is 0 Å². The number of amides is 1. The Morgan fingerprint density at radius 3 is 1.95 bits per heavy atom. The summed E-state index contributed by atoms with van der Waals surface area (Å²) in [6.45, 7) is 0.391. The molecule has 1 rings (SSSR count). The summed E-state index contributed by atoms with van der Waals surface area (Å²) in [5, 5.41) is 2.88. The van der Waals surface area contributed by atoms with Crippen LogP contribution in [-0.4, -0.2) is 25.5 Å². The quantitative estimate of drug-likeness (QED) is 0.806. The highest BCUT2D eigenvalue weighted by atomic mass is 16.5. The minimum atomic E-state index is -0.271. The molecular formula is C16H29NO3. The SMILES string of the molecule is COC(=O)CCNC(=O)C1CCCCCCCCCC1. The predicted octanol–water partition coefficient (Wildman–Crippen LogP) is 3.20. The second-order valence-electron chi connectivity index (χ2n) is 5.72. The van der Waals surface area contributed by atoms with E-state index >= 15 is 0 Å². The van der Waals surface area contributed by atoms with Crippen LogP contribution >= 0.6 is 0 Å². The van der Waals surface area contributed by atoms with Crippen LogP contribution in [0.5, 0.6) is 0 Å². The molecule has 4 nitrogen and oxygen atoms in total. The molecule has 0 aromatic heterocycles. The fourth-order valence-electron chi connectivity index (χ4n) is 2.78. The van der Waals surface area contributed by atoms with Crippen LogP contribution in [0.25, 0.3) is 0 Å². The van der Waals surface area contributed by atoms with Crippen LogP contribution < -0.4 is 5.32 Å². The molecular weight excluding hydrogens is 254 g/mol. The van der Waals surface area contributed by atoms with E-state index in [1.165, 1.54) is 45.6 Å². The molecule has 1 amide bonds. The van der Waals surface area contributed by atoms with Crippen molar-refractivity contribution in [1.82, 2.24) is 5.32 Å². The van der Waals surface area contributed by atoms with Gasteiger partial charge in [0.25, 0.3) is 0 Å². The maximum atomic E-state index is 12.2. The minimum absolute atomic E-state index is 0.119. The first kappa shape index (κ1) is 17.0. The highest BCUT2D eigenvalue weighted by Crippen LogP contribution is 2.21. The molecule has 1 aliphatic carbocycles. The van der Waals surface area contributed by atoms with Crippen molar-refractivity contribution >= 4 is 11.9 Å². The zero-order chi connectivity index (χ0) is 14.6. The number of esters is 1. The van der Waals surface area contributed by atoms with E-state index in [9.17, 15) is 9.59 Å². The van der Waals surface area contributed by atoms with Crippen molar-refractivity contribution < 1.29 is 14.3 Å². The summed E-state index contributed by atoms with van der Waals surface area (Å²) in [6.07, 6.45) is 12.3. The molecule has 0 radical (unpaired) electrons. The van der Waals surface area contributed by atoms with Gasteiger partial charge in [0.2, 0.25) is 5.91 Å². The van der Waals surface area contributed by atoms with Crippen molar-refractivity contribution in [3.05, 3.63) is 0 Å². The smallest absolute Gasteiger partial charge is 0.307 e. The molecule has 116 valence electrons. The van der Waals surface area contributed by atoms with E-state index in [0.29, 0.717) is 6.54 Å². The van der Waals surface area contributed by atoms with E-state index in [0.717, 1.165) is 25.7 Å². The van der Waals surface area contributed by atoms with Crippen LogP contribution in [0.1, 0.15) is 70.6 Å². The molecule has 20 heavy (non-hydrogen) atoms. The molecule has 1 N–H and O–H groups in total. The van der Waals surface area contributed by atoms with Crippen LogP contribution in [0.15, 0.2) is 0 Å². The van der Waals surface area contributed by atoms with Gasteiger partial charge in [-0.15, -0.1) is 0 Å². The molecule has 0 spiro atoms. The molecule has 0 bridgehead atoms. The van der Waals surface area contributed by atoms with Gasteiger partial charge >= 0.3 is 5.97 Å². The predicted molar refractivity (Wildman–Crippen MR) is 79.3 cm³/mol. The summed E-state index contributed by atoms with van der Waals surface area (Å²) < 4.78 is 4.57. The summed E-state index contributed by atoms with van der Waals surface area (Å²) >= 11 is 0. The molecule has 0 heterocycles. The molecule has 0 saturated heterocycles. The Bertz CT molecular complexity index is 279. The van der Waals surface area contributed by atoms with Gasteiger partial charge in [-0.3, -0.25) is 9.59 Å². The van der Waals surface area contributed by atoms with Gasteiger partial charge in [-0.25, -0.2) is 0 Å². The molecule has 0 aromatic rings. The number of hydrogen-bond donors (Lipinski definition) is 1. The second kappa shape index (κ2) is 10.7. The van der Waals surface area contributed by atoms with E-state index in [4.69, 9.17) is 0 Å². The van der Waals surface area contributed by atoms with E-state index in [2.05, 4.69) is 10.1 Å². The Hall–Kier alpha value is -1.06. The third-order valence-corrected chi connectivity index (χ3v) is 4.08. The van der Waals surface area contributed by atoms with Crippen LogP contribution in [0.3, 0.4) is 0 Å². The third kappa shape index (κ3) is 7.51.